The van der Waals surface area contributed by atoms with Gasteiger partial charge in [-0.3, -0.25) is 0 Å². The van der Waals surface area contributed by atoms with Crippen molar-refractivity contribution < 1.29 is 9.53 Å². The average molecular weight is 269 g/mol. The molecule has 0 aliphatic carbocycles. The molecule has 3 nitrogen and oxygen atoms in total. The molecule has 0 saturated heterocycles. The van der Waals surface area contributed by atoms with E-state index in [-0.39, 0.29) is 5.97 Å². The number of nitrogens with zero attached hydrogens (tertiary/aromatic N) is 1. The summed E-state index contributed by atoms with van der Waals surface area (Å²) in [4.78, 5) is 14.2. The standard InChI is InChI=1S/C17H19NO2/c1-3-18(4-2)15-12-10-14(11-13-15)17(19)20-16-8-6-5-7-9-16/h5-13H,3-4H2,1-2H3. The summed E-state index contributed by atoms with van der Waals surface area (Å²) in [5.41, 5.74) is 1.68. The third kappa shape index (κ3) is 3.38. The van der Waals surface area contributed by atoms with Crippen molar-refractivity contribution in [3.63, 3.8) is 0 Å². The lowest BCUT2D eigenvalue weighted by molar-refractivity contribution is 0.0735. The van der Waals surface area contributed by atoms with Crippen LogP contribution >= 0.6 is 0 Å². The molecule has 2 rings (SSSR count). The summed E-state index contributed by atoms with van der Waals surface area (Å²) < 4.78 is 5.30. The lowest BCUT2D eigenvalue weighted by atomic mass is 10.2. The van der Waals surface area contributed by atoms with Gasteiger partial charge < -0.3 is 9.64 Å². The van der Waals surface area contributed by atoms with Gasteiger partial charge in [0.1, 0.15) is 5.75 Å². The first-order chi connectivity index (χ1) is 9.74. The number of carbonyl (C=O) groups is 1. The second-order valence-electron chi connectivity index (χ2n) is 4.42. The fourth-order valence-electron chi connectivity index (χ4n) is 2.05. The summed E-state index contributed by atoms with van der Waals surface area (Å²) in [7, 11) is 0. The Morgan fingerprint density at radius 2 is 1.55 bits per heavy atom. The van der Waals surface area contributed by atoms with Gasteiger partial charge in [-0.15, -0.1) is 0 Å². The van der Waals surface area contributed by atoms with Gasteiger partial charge in [-0.2, -0.15) is 0 Å². The van der Waals surface area contributed by atoms with Gasteiger partial charge in [-0.1, -0.05) is 18.2 Å². The Bertz CT molecular complexity index is 545. The largest absolute Gasteiger partial charge is 0.423 e. The Labute approximate surface area is 119 Å². The third-order valence-electron chi connectivity index (χ3n) is 3.19. The number of anilines is 1. The lowest BCUT2D eigenvalue weighted by Gasteiger charge is -2.20. The van der Waals surface area contributed by atoms with E-state index >= 15 is 0 Å². The maximum absolute atomic E-state index is 12.0. The van der Waals surface area contributed by atoms with Crippen LogP contribution in [0.15, 0.2) is 54.6 Å². The van der Waals surface area contributed by atoms with E-state index in [4.69, 9.17) is 4.74 Å². The zero-order chi connectivity index (χ0) is 14.4. The SMILES string of the molecule is CCN(CC)c1ccc(C(=O)Oc2ccccc2)cc1. The molecule has 0 radical (unpaired) electrons. The van der Waals surface area contributed by atoms with Gasteiger partial charge in [0.15, 0.2) is 0 Å². The van der Waals surface area contributed by atoms with Crippen molar-refractivity contribution >= 4 is 11.7 Å². The van der Waals surface area contributed by atoms with Gasteiger partial charge >= 0.3 is 5.97 Å². The molecule has 0 spiro atoms. The molecular weight excluding hydrogens is 250 g/mol. The number of para-hydroxylation sites is 1. The van der Waals surface area contributed by atoms with E-state index < -0.39 is 0 Å². The highest BCUT2D eigenvalue weighted by Gasteiger charge is 2.09. The molecule has 0 amide bonds. The van der Waals surface area contributed by atoms with E-state index in [1.165, 1.54) is 0 Å². The molecule has 0 unspecified atom stereocenters. The molecule has 104 valence electrons. The molecule has 0 N–H and O–H groups in total. The minimum Gasteiger partial charge on any atom is -0.423 e. The van der Waals surface area contributed by atoms with Crippen molar-refractivity contribution in [1.29, 1.82) is 0 Å². The fraction of sp³-hybridized carbons (Fsp3) is 0.235. The zero-order valence-corrected chi connectivity index (χ0v) is 11.9. The Morgan fingerprint density at radius 3 is 2.10 bits per heavy atom. The van der Waals surface area contributed by atoms with Crippen LogP contribution in [0.1, 0.15) is 24.2 Å². The molecule has 0 fully saturated rings. The summed E-state index contributed by atoms with van der Waals surface area (Å²) in [6.07, 6.45) is 0. The van der Waals surface area contributed by atoms with E-state index in [1.807, 2.05) is 30.3 Å². The van der Waals surface area contributed by atoms with Crippen molar-refractivity contribution in [2.75, 3.05) is 18.0 Å². The normalized spacial score (nSPS) is 10.1. The first kappa shape index (κ1) is 14.1. The highest BCUT2D eigenvalue weighted by Crippen LogP contribution is 2.17. The van der Waals surface area contributed by atoms with Crippen LogP contribution in [-0.2, 0) is 0 Å². The van der Waals surface area contributed by atoms with Gasteiger partial charge in [0.25, 0.3) is 0 Å². The minimum absolute atomic E-state index is 0.331. The Balaban J connectivity index is 2.08. The first-order valence-electron chi connectivity index (χ1n) is 6.86. The summed E-state index contributed by atoms with van der Waals surface area (Å²) in [5, 5.41) is 0. The molecule has 0 saturated carbocycles. The number of carbonyl (C=O) groups excluding carboxylic acids is 1. The van der Waals surface area contributed by atoms with Crippen LogP contribution in [0.2, 0.25) is 0 Å². The molecule has 2 aromatic carbocycles. The average Bonchev–Trinajstić information content (AvgIpc) is 2.50. The summed E-state index contributed by atoms with van der Waals surface area (Å²) in [6, 6.07) is 16.6. The Kier molecular flexibility index (Phi) is 4.77. The molecular formula is C17H19NO2. The van der Waals surface area contributed by atoms with Crippen LogP contribution in [0.5, 0.6) is 5.75 Å². The van der Waals surface area contributed by atoms with Crippen LogP contribution in [-0.4, -0.2) is 19.1 Å². The molecule has 0 heterocycles. The number of hydrogen-bond donors (Lipinski definition) is 0. The maximum Gasteiger partial charge on any atom is 0.343 e. The third-order valence-corrected chi connectivity index (χ3v) is 3.19. The number of ether oxygens (including phenoxy) is 1. The van der Waals surface area contributed by atoms with Crippen molar-refractivity contribution in [1.82, 2.24) is 0 Å². The lowest BCUT2D eigenvalue weighted by Crippen LogP contribution is -2.21. The monoisotopic (exact) mass is 269 g/mol. The topological polar surface area (TPSA) is 29.5 Å². The first-order valence-corrected chi connectivity index (χ1v) is 6.86. The van der Waals surface area contributed by atoms with Crippen LogP contribution in [0.3, 0.4) is 0 Å². The Hall–Kier alpha value is -2.29. The summed E-state index contributed by atoms with van der Waals surface area (Å²) >= 11 is 0. The number of benzene rings is 2. The smallest absolute Gasteiger partial charge is 0.343 e. The predicted molar refractivity (Wildman–Crippen MR) is 81.4 cm³/mol. The second-order valence-corrected chi connectivity index (χ2v) is 4.42. The van der Waals surface area contributed by atoms with Gasteiger partial charge in [-0.05, 0) is 50.2 Å². The predicted octanol–water partition coefficient (Wildman–Crippen LogP) is 3.75. The van der Waals surface area contributed by atoms with Crippen molar-refractivity contribution in [3.05, 3.63) is 60.2 Å². The number of hydrogen-bond acceptors (Lipinski definition) is 3. The summed E-state index contributed by atoms with van der Waals surface area (Å²) in [5.74, 6) is 0.229. The molecule has 0 bridgehead atoms. The van der Waals surface area contributed by atoms with E-state index in [1.54, 1.807) is 24.3 Å². The van der Waals surface area contributed by atoms with E-state index in [9.17, 15) is 4.79 Å². The fourth-order valence-corrected chi connectivity index (χ4v) is 2.05. The van der Waals surface area contributed by atoms with Crippen LogP contribution in [0.25, 0.3) is 0 Å². The maximum atomic E-state index is 12.0. The highest BCUT2D eigenvalue weighted by molar-refractivity contribution is 5.91. The molecule has 2 aromatic rings. The zero-order valence-electron chi connectivity index (χ0n) is 11.9. The van der Waals surface area contributed by atoms with Gasteiger partial charge in [0, 0.05) is 18.8 Å². The van der Waals surface area contributed by atoms with Crippen molar-refractivity contribution in [3.8, 4) is 5.75 Å². The Morgan fingerprint density at radius 1 is 0.950 bits per heavy atom. The van der Waals surface area contributed by atoms with E-state index in [0.29, 0.717) is 11.3 Å². The molecule has 0 atom stereocenters. The van der Waals surface area contributed by atoms with E-state index in [2.05, 4.69) is 18.7 Å². The quantitative estimate of drug-likeness (QED) is 0.611. The molecule has 3 heteroatoms. The van der Waals surface area contributed by atoms with Gasteiger partial charge in [0.2, 0.25) is 0 Å². The van der Waals surface area contributed by atoms with E-state index in [0.717, 1.165) is 18.8 Å². The van der Waals surface area contributed by atoms with Crippen LogP contribution in [0.4, 0.5) is 5.69 Å². The molecule has 0 aromatic heterocycles. The highest BCUT2D eigenvalue weighted by atomic mass is 16.5. The number of rotatable bonds is 5. The number of esters is 1. The van der Waals surface area contributed by atoms with Crippen molar-refractivity contribution in [2.24, 2.45) is 0 Å². The second kappa shape index (κ2) is 6.75. The van der Waals surface area contributed by atoms with Crippen molar-refractivity contribution in [2.45, 2.75) is 13.8 Å². The minimum atomic E-state index is -0.331. The van der Waals surface area contributed by atoms with Gasteiger partial charge in [-0.25, -0.2) is 4.79 Å². The van der Waals surface area contributed by atoms with Crippen LogP contribution < -0.4 is 9.64 Å². The van der Waals surface area contributed by atoms with Crippen LogP contribution in [0, 0.1) is 0 Å². The van der Waals surface area contributed by atoms with Gasteiger partial charge in [0.05, 0.1) is 5.56 Å². The molecule has 20 heavy (non-hydrogen) atoms. The molecule has 0 aliphatic rings. The summed E-state index contributed by atoms with van der Waals surface area (Å²) in [6.45, 7) is 6.12. The molecule has 0 aliphatic heterocycles.